The molecule has 1 aliphatic heterocycles. The summed E-state index contributed by atoms with van der Waals surface area (Å²) in [4.78, 5) is 78.9. The average molecular weight is 652 g/mol. The van der Waals surface area contributed by atoms with E-state index in [2.05, 4.69) is 16.0 Å². The molecule has 5 unspecified atom stereocenters. The number of hydrogen-bond donors (Lipinski definition) is 6. The molecule has 13 heteroatoms. The minimum absolute atomic E-state index is 0.00996. The van der Waals surface area contributed by atoms with E-state index >= 15 is 0 Å². The maximum absolute atomic E-state index is 13.7. The Kier molecular flexibility index (Phi) is 13.0. The van der Waals surface area contributed by atoms with Gasteiger partial charge in [-0.3, -0.25) is 28.8 Å². The van der Waals surface area contributed by atoms with Gasteiger partial charge in [-0.1, -0.05) is 55.8 Å². The summed E-state index contributed by atoms with van der Waals surface area (Å²) in [5.74, 6) is -4.70. The number of aryl methyl sites for hydroxylation is 1. The number of benzene rings is 2. The number of hydrogen-bond acceptors (Lipinski definition) is 8. The van der Waals surface area contributed by atoms with Gasteiger partial charge >= 0.3 is 5.97 Å². The lowest BCUT2D eigenvalue weighted by Gasteiger charge is -2.29. The van der Waals surface area contributed by atoms with E-state index in [9.17, 15) is 39.0 Å². The fourth-order valence-electron chi connectivity index (χ4n) is 5.57. The van der Waals surface area contributed by atoms with Gasteiger partial charge in [0.25, 0.3) is 0 Å². The lowest BCUT2D eigenvalue weighted by molar-refractivity contribution is -0.142. The fourth-order valence-corrected chi connectivity index (χ4v) is 5.57. The molecule has 2 aromatic rings. The number of aliphatic carboxylic acids is 1. The van der Waals surface area contributed by atoms with Crippen LogP contribution in [0.5, 0.6) is 5.75 Å². The number of carbonyl (C=O) groups excluding carboxylic acids is 5. The molecule has 7 N–H and O–H groups in total. The first kappa shape index (κ1) is 36.7. The van der Waals surface area contributed by atoms with E-state index in [0.717, 1.165) is 11.1 Å². The normalized spacial score (nSPS) is 16.9. The number of phenolic OH excluding ortho intramolecular Hbond substituents is 1. The van der Waals surface area contributed by atoms with Crippen LogP contribution < -0.4 is 21.7 Å². The van der Waals surface area contributed by atoms with Crippen molar-refractivity contribution in [2.24, 2.45) is 11.7 Å². The molecule has 0 saturated carbocycles. The number of phenols is 1. The van der Waals surface area contributed by atoms with Crippen molar-refractivity contribution in [1.82, 2.24) is 20.9 Å². The number of ketones is 1. The maximum Gasteiger partial charge on any atom is 0.305 e. The summed E-state index contributed by atoms with van der Waals surface area (Å²) < 4.78 is 0. The molecule has 1 fully saturated rings. The van der Waals surface area contributed by atoms with Crippen molar-refractivity contribution < 1.29 is 39.0 Å². The van der Waals surface area contributed by atoms with Crippen LogP contribution in [0.25, 0.3) is 0 Å². The van der Waals surface area contributed by atoms with Crippen molar-refractivity contribution in [2.75, 3.05) is 6.54 Å². The molecular formula is C34H45N5O8. The smallest absolute Gasteiger partial charge is 0.305 e. The summed E-state index contributed by atoms with van der Waals surface area (Å²) in [6, 6.07) is 8.04. The SMILES string of the molecule is CC(=O)C(NC(=O)C(CC(=O)O)NC(=O)C(Cc1ccc(O)cc1)NC(=O)C1CCCN1C(=O)C(N)Cc1ccc(C)cc1)C(C)C. The number of likely N-dealkylation sites (tertiary alicyclic amines) is 1. The number of nitrogens with zero attached hydrogens (tertiary/aromatic N) is 1. The predicted molar refractivity (Wildman–Crippen MR) is 173 cm³/mol. The van der Waals surface area contributed by atoms with Gasteiger partial charge in [0, 0.05) is 13.0 Å². The van der Waals surface area contributed by atoms with Crippen LogP contribution in [0, 0.1) is 12.8 Å². The highest BCUT2D eigenvalue weighted by Crippen LogP contribution is 2.20. The number of nitrogens with one attached hydrogen (secondary N) is 3. The topological polar surface area (TPSA) is 208 Å². The van der Waals surface area contributed by atoms with E-state index in [1.807, 2.05) is 31.2 Å². The highest BCUT2D eigenvalue weighted by atomic mass is 16.4. The highest BCUT2D eigenvalue weighted by Gasteiger charge is 2.38. The summed E-state index contributed by atoms with van der Waals surface area (Å²) in [7, 11) is 0. The first-order valence-corrected chi connectivity index (χ1v) is 15.7. The van der Waals surface area contributed by atoms with E-state index < -0.39 is 66.2 Å². The van der Waals surface area contributed by atoms with Crippen molar-refractivity contribution in [1.29, 1.82) is 0 Å². The second kappa shape index (κ2) is 16.7. The first-order chi connectivity index (χ1) is 22.2. The van der Waals surface area contributed by atoms with Gasteiger partial charge in [-0.15, -0.1) is 0 Å². The Hall–Kier alpha value is -4.78. The summed E-state index contributed by atoms with van der Waals surface area (Å²) in [6.07, 6.45) is 0.320. The molecule has 1 saturated heterocycles. The third kappa shape index (κ3) is 10.6. The Morgan fingerprint density at radius 1 is 0.872 bits per heavy atom. The van der Waals surface area contributed by atoms with Gasteiger partial charge in [0.2, 0.25) is 23.6 Å². The van der Waals surface area contributed by atoms with Crippen LogP contribution in [0.4, 0.5) is 0 Å². The predicted octanol–water partition coefficient (Wildman–Crippen LogP) is 0.978. The van der Waals surface area contributed by atoms with Crippen molar-refractivity contribution in [2.45, 2.75) is 90.0 Å². The van der Waals surface area contributed by atoms with Crippen molar-refractivity contribution in [3.63, 3.8) is 0 Å². The summed E-state index contributed by atoms with van der Waals surface area (Å²) in [5.41, 5.74) is 8.78. The van der Waals surface area contributed by atoms with E-state index in [0.29, 0.717) is 24.9 Å². The number of carbonyl (C=O) groups is 6. The lowest BCUT2D eigenvalue weighted by Crippen LogP contribution is -2.59. The number of carboxylic acids is 1. The number of nitrogens with two attached hydrogens (primary N) is 1. The van der Waals surface area contributed by atoms with Gasteiger partial charge in [0.05, 0.1) is 18.5 Å². The molecule has 3 rings (SSSR count). The van der Waals surface area contributed by atoms with Crippen LogP contribution in [0.1, 0.15) is 56.7 Å². The Balaban J connectivity index is 1.80. The third-order valence-corrected chi connectivity index (χ3v) is 8.16. The van der Waals surface area contributed by atoms with Gasteiger partial charge in [0.15, 0.2) is 5.78 Å². The molecule has 0 spiro atoms. The molecule has 5 atom stereocenters. The van der Waals surface area contributed by atoms with Gasteiger partial charge < -0.3 is 36.8 Å². The minimum Gasteiger partial charge on any atom is -0.508 e. The quantitative estimate of drug-likeness (QED) is 0.162. The van der Waals surface area contributed by atoms with Crippen LogP contribution in [0.15, 0.2) is 48.5 Å². The van der Waals surface area contributed by atoms with Gasteiger partial charge in [0.1, 0.15) is 23.9 Å². The molecule has 0 bridgehead atoms. The third-order valence-electron chi connectivity index (χ3n) is 8.16. The summed E-state index contributed by atoms with van der Waals surface area (Å²) >= 11 is 0. The summed E-state index contributed by atoms with van der Waals surface area (Å²) in [6.45, 7) is 6.99. The Morgan fingerprint density at radius 3 is 2.02 bits per heavy atom. The monoisotopic (exact) mass is 651 g/mol. The lowest BCUT2D eigenvalue weighted by atomic mass is 9.99. The second-order valence-electron chi connectivity index (χ2n) is 12.4. The number of carboxylic acid groups (broad SMARTS) is 1. The largest absolute Gasteiger partial charge is 0.508 e. The minimum atomic E-state index is -1.55. The number of Topliss-reactive ketones (excluding diaryl/α,β-unsaturated/α-hetero) is 1. The highest BCUT2D eigenvalue weighted by molar-refractivity contribution is 5.97. The first-order valence-electron chi connectivity index (χ1n) is 15.7. The molecule has 0 aromatic heterocycles. The molecule has 1 heterocycles. The van der Waals surface area contributed by atoms with Crippen LogP contribution in [-0.2, 0) is 41.6 Å². The molecule has 0 aliphatic carbocycles. The van der Waals surface area contributed by atoms with Crippen LogP contribution >= 0.6 is 0 Å². The van der Waals surface area contributed by atoms with E-state index in [4.69, 9.17) is 5.73 Å². The zero-order valence-electron chi connectivity index (χ0n) is 27.2. The number of aromatic hydroxyl groups is 1. The van der Waals surface area contributed by atoms with Crippen LogP contribution in [0.2, 0.25) is 0 Å². The van der Waals surface area contributed by atoms with Crippen LogP contribution in [-0.4, -0.2) is 87.2 Å². The standard InChI is InChI=1S/C34H45N5O8/c1-19(2)30(21(4)40)38-32(45)27(18-29(42)43)36-31(44)26(17-23-11-13-24(41)14-12-23)37-33(46)28-6-5-15-39(28)34(47)25(35)16-22-9-7-20(3)8-10-22/h7-14,19,25-28,30,41H,5-6,15-18,35H2,1-4H3,(H,36,44)(H,37,46)(H,38,45)(H,42,43). The van der Waals surface area contributed by atoms with Crippen molar-refractivity contribution in [3.8, 4) is 5.75 Å². The molecule has 4 amide bonds. The molecule has 47 heavy (non-hydrogen) atoms. The fraction of sp³-hybridized carbons (Fsp3) is 0.471. The number of rotatable bonds is 15. The zero-order valence-corrected chi connectivity index (χ0v) is 27.2. The molecular weight excluding hydrogens is 606 g/mol. The Morgan fingerprint density at radius 2 is 1.45 bits per heavy atom. The Bertz CT molecular complexity index is 1440. The Labute approximate surface area is 274 Å². The van der Waals surface area contributed by atoms with Crippen molar-refractivity contribution in [3.05, 3.63) is 65.2 Å². The maximum atomic E-state index is 13.7. The van der Waals surface area contributed by atoms with Gasteiger partial charge in [-0.2, -0.15) is 0 Å². The molecule has 0 radical (unpaired) electrons. The second-order valence-corrected chi connectivity index (χ2v) is 12.4. The van der Waals surface area contributed by atoms with E-state index in [-0.39, 0.29) is 30.3 Å². The van der Waals surface area contributed by atoms with Gasteiger partial charge in [-0.05, 0) is 62.3 Å². The summed E-state index contributed by atoms with van der Waals surface area (Å²) in [5, 5.41) is 26.8. The zero-order chi connectivity index (χ0) is 34.8. The van der Waals surface area contributed by atoms with Crippen LogP contribution in [0.3, 0.4) is 0 Å². The molecule has 2 aromatic carbocycles. The molecule has 13 nitrogen and oxygen atoms in total. The van der Waals surface area contributed by atoms with Gasteiger partial charge in [-0.25, -0.2) is 0 Å². The van der Waals surface area contributed by atoms with E-state index in [1.54, 1.807) is 26.0 Å². The van der Waals surface area contributed by atoms with E-state index in [1.165, 1.54) is 24.0 Å². The van der Waals surface area contributed by atoms with Crippen molar-refractivity contribution >= 4 is 35.4 Å². The average Bonchev–Trinajstić information content (AvgIpc) is 3.50. The number of amides is 4. The molecule has 1 aliphatic rings. The molecule has 254 valence electrons.